The van der Waals surface area contributed by atoms with Gasteiger partial charge in [0.1, 0.15) is 6.54 Å². The second kappa shape index (κ2) is 5.48. The van der Waals surface area contributed by atoms with Crippen LogP contribution in [0, 0.1) is 6.92 Å². The van der Waals surface area contributed by atoms with E-state index in [1.807, 2.05) is 30.0 Å². The molecule has 5 heteroatoms. The normalized spacial score (nSPS) is 17.6. The van der Waals surface area contributed by atoms with Crippen molar-refractivity contribution in [1.29, 1.82) is 0 Å². The van der Waals surface area contributed by atoms with E-state index in [1.54, 1.807) is 9.95 Å². The SMILES string of the molecule is Cc1csc(=O)n1CC(=O)N1c2ccccc2CC[C@@H]1C. The molecule has 4 nitrogen and oxygen atoms in total. The molecule has 0 bridgehead atoms. The summed E-state index contributed by atoms with van der Waals surface area (Å²) in [5.74, 6) is -0.0155. The molecule has 0 fully saturated rings. The van der Waals surface area contributed by atoms with Gasteiger partial charge in [0.25, 0.3) is 0 Å². The predicted octanol–water partition coefficient (Wildman–Crippen LogP) is 2.59. The van der Waals surface area contributed by atoms with E-state index in [0.717, 1.165) is 35.6 Å². The van der Waals surface area contributed by atoms with Crippen LogP contribution in [0.3, 0.4) is 0 Å². The van der Waals surface area contributed by atoms with Crippen LogP contribution in [0.25, 0.3) is 0 Å². The second-order valence-electron chi connectivity index (χ2n) is 5.51. The summed E-state index contributed by atoms with van der Waals surface area (Å²) in [6.07, 6.45) is 1.96. The fraction of sp³-hybridized carbons (Fsp3) is 0.375. The molecule has 0 N–H and O–H groups in total. The largest absolute Gasteiger partial charge is 0.308 e. The average Bonchev–Trinajstić information content (AvgIpc) is 2.79. The molecule has 1 aromatic carbocycles. The number of hydrogen-bond donors (Lipinski definition) is 0. The van der Waals surface area contributed by atoms with Crippen LogP contribution in [-0.2, 0) is 17.8 Å². The molecule has 0 radical (unpaired) electrons. The van der Waals surface area contributed by atoms with Gasteiger partial charge in [0.15, 0.2) is 0 Å². The lowest BCUT2D eigenvalue weighted by atomic mass is 9.96. The van der Waals surface area contributed by atoms with E-state index in [1.165, 1.54) is 5.56 Å². The van der Waals surface area contributed by atoms with E-state index >= 15 is 0 Å². The second-order valence-corrected chi connectivity index (χ2v) is 6.33. The van der Waals surface area contributed by atoms with Crippen LogP contribution >= 0.6 is 11.3 Å². The maximum atomic E-state index is 12.7. The number of aromatic nitrogens is 1. The topological polar surface area (TPSA) is 42.3 Å². The van der Waals surface area contributed by atoms with Gasteiger partial charge < -0.3 is 4.90 Å². The average molecular weight is 302 g/mol. The molecule has 1 aliphatic rings. The lowest BCUT2D eigenvalue weighted by Gasteiger charge is -2.35. The number of para-hydroxylation sites is 1. The van der Waals surface area contributed by atoms with Gasteiger partial charge in [0.05, 0.1) is 0 Å². The summed E-state index contributed by atoms with van der Waals surface area (Å²) < 4.78 is 1.55. The monoisotopic (exact) mass is 302 g/mol. The zero-order valence-electron chi connectivity index (χ0n) is 12.2. The highest BCUT2D eigenvalue weighted by atomic mass is 32.1. The number of fused-ring (bicyclic) bond motifs is 1. The van der Waals surface area contributed by atoms with Gasteiger partial charge in [-0.05, 0) is 38.3 Å². The summed E-state index contributed by atoms with van der Waals surface area (Å²) >= 11 is 1.14. The van der Waals surface area contributed by atoms with Crippen molar-refractivity contribution in [2.24, 2.45) is 0 Å². The van der Waals surface area contributed by atoms with Gasteiger partial charge in [-0.3, -0.25) is 14.2 Å². The molecule has 1 aromatic heterocycles. The minimum Gasteiger partial charge on any atom is -0.308 e. The third-order valence-corrected chi connectivity index (χ3v) is 4.94. The van der Waals surface area contributed by atoms with Gasteiger partial charge in [0, 0.05) is 22.8 Å². The molecule has 0 spiro atoms. The number of thiazole rings is 1. The summed E-state index contributed by atoms with van der Waals surface area (Å²) in [5, 5.41) is 1.79. The summed E-state index contributed by atoms with van der Waals surface area (Å²) in [6, 6.07) is 8.20. The quantitative estimate of drug-likeness (QED) is 0.855. The molecule has 0 saturated heterocycles. The number of aryl methyl sites for hydroxylation is 2. The maximum absolute atomic E-state index is 12.7. The van der Waals surface area contributed by atoms with Gasteiger partial charge in [-0.1, -0.05) is 29.5 Å². The Morgan fingerprint density at radius 2 is 2.14 bits per heavy atom. The van der Waals surface area contributed by atoms with Crippen molar-refractivity contribution in [2.75, 3.05) is 4.90 Å². The molecule has 0 saturated carbocycles. The number of benzene rings is 1. The Kier molecular flexibility index (Phi) is 3.68. The maximum Gasteiger partial charge on any atom is 0.307 e. The lowest BCUT2D eigenvalue weighted by molar-refractivity contribution is -0.119. The number of nitrogens with zero attached hydrogens (tertiary/aromatic N) is 2. The van der Waals surface area contributed by atoms with Crippen molar-refractivity contribution in [2.45, 2.75) is 39.3 Å². The highest BCUT2D eigenvalue weighted by Gasteiger charge is 2.28. The molecule has 110 valence electrons. The Balaban J connectivity index is 1.93. The van der Waals surface area contributed by atoms with Crippen LogP contribution in [0.2, 0.25) is 0 Å². The molecule has 2 heterocycles. The van der Waals surface area contributed by atoms with Crippen LogP contribution < -0.4 is 9.77 Å². The summed E-state index contributed by atoms with van der Waals surface area (Å²) in [5.41, 5.74) is 3.04. The molecule has 0 aliphatic carbocycles. The number of carbonyl (C=O) groups excluding carboxylic acids is 1. The zero-order chi connectivity index (χ0) is 15.0. The molecule has 1 atom stereocenters. The highest BCUT2D eigenvalue weighted by Crippen LogP contribution is 2.30. The van der Waals surface area contributed by atoms with E-state index in [9.17, 15) is 9.59 Å². The van der Waals surface area contributed by atoms with Crippen LogP contribution in [0.1, 0.15) is 24.6 Å². The molecule has 1 aliphatic heterocycles. The van der Waals surface area contributed by atoms with Gasteiger partial charge in [0.2, 0.25) is 5.91 Å². The molecule has 0 unspecified atom stereocenters. The first-order valence-electron chi connectivity index (χ1n) is 7.13. The Morgan fingerprint density at radius 1 is 1.38 bits per heavy atom. The van der Waals surface area contributed by atoms with Crippen LogP contribution in [0.5, 0.6) is 0 Å². The van der Waals surface area contributed by atoms with Crippen molar-refractivity contribution in [3.05, 3.63) is 50.6 Å². The van der Waals surface area contributed by atoms with E-state index in [2.05, 4.69) is 13.0 Å². The fourth-order valence-electron chi connectivity index (χ4n) is 2.88. The summed E-state index contributed by atoms with van der Waals surface area (Å²) in [4.78, 5) is 26.3. The number of anilines is 1. The van der Waals surface area contributed by atoms with Crippen LogP contribution in [0.4, 0.5) is 5.69 Å². The van der Waals surface area contributed by atoms with Crippen molar-refractivity contribution in [3.63, 3.8) is 0 Å². The van der Waals surface area contributed by atoms with Crippen molar-refractivity contribution in [1.82, 2.24) is 4.57 Å². The van der Waals surface area contributed by atoms with Crippen molar-refractivity contribution >= 4 is 22.9 Å². The lowest BCUT2D eigenvalue weighted by Crippen LogP contribution is -2.44. The molecular weight excluding hydrogens is 284 g/mol. The number of amides is 1. The molecular formula is C16H18N2O2S. The zero-order valence-corrected chi connectivity index (χ0v) is 13.0. The van der Waals surface area contributed by atoms with Gasteiger partial charge in [-0.25, -0.2) is 0 Å². The third kappa shape index (κ3) is 2.53. The first-order chi connectivity index (χ1) is 10.1. The minimum absolute atomic E-state index is 0.0155. The Hall–Kier alpha value is -1.88. The van der Waals surface area contributed by atoms with Gasteiger partial charge in [-0.2, -0.15) is 0 Å². The van der Waals surface area contributed by atoms with Gasteiger partial charge in [-0.15, -0.1) is 0 Å². The first-order valence-corrected chi connectivity index (χ1v) is 8.01. The Labute approximate surface area is 127 Å². The van der Waals surface area contributed by atoms with E-state index < -0.39 is 0 Å². The minimum atomic E-state index is -0.0706. The van der Waals surface area contributed by atoms with E-state index in [-0.39, 0.29) is 23.4 Å². The Bertz CT molecular complexity index is 732. The van der Waals surface area contributed by atoms with E-state index in [4.69, 9.17) is 0 Å². The fourth-order valence-corrected chi connectivity index (χ4v) is 3.61. The van der Waals surface area contributed by atoms with Crippen molar-refractivity contribution < 1.29 is 4.79 Å². The highest BCUT2D eigenvalue weighted by molar-refractivity contribution is 7.07. The van der Waals surface area contributed by atoms with Gasteiger partial charge >= 0.3 is 4.87 Å². The molecule has 2 aromatic rings. The standard InChI is InChI=1S/C16H18N2O2S/c1-11-7-8-13-5-3-4-6-14(13)18(11)15(19)9-17-12(2)10-21-16(17)20/h3-6,10-11H,7-9H2,1-2H3/t11-/m0/s1. The Morgan fingerprint density at radius 3 is 2.86 bits per heavy atom. The third-order valence-electron chi connectivity index (χ3n) is 4.06. The smallest absolute Gasteiger partial charge is 0.307 e. The van der Waals surface area contributed by atoms with Crippen LogP contribution in [-0.4, -0.2) is 16.5 Å². The number of rotatable bonds is 2. The predicted molar refractivity (Wildman–Crippen MR) is 85.0 cm³/mol. The molecule has 21 heavy (non-hydrogen) atoms. The van der Waals surface area contributed by atoms with Crippen molar-refractivity contribution in [3.8, 4) is 0 Å². The molecule has 1 amide bonds. The van der Waals surface area contributed by atoms with E-state index in [0.29, 0.717) is 0 Å². The summed E-state index contributed by atoms with van der Waals surface area (Å²) in [7, 11) is 0. The number of carbonyl (C=O) groups is 1. The first kappa shape index (κ1) is 14.1. The number of hydrogen-bond acceptors (Lipinski definition) is 3. The molecule has 3 rings (SSSR count). The van der Waals surface area contributed by atoms with Crippen LogP contribution in [0.15, 0.2) is 34.4 Å². The summed E-state index contributed by atoms with van der Waals surface area (Å²) in [6.45, 7) is 4.04.